The third-order valence-electron chi connectivity index (χ3n) is 3.38. The van der Waals surface area contributed by atoms with E-state index in [-0.39, 0.29) is 19.0 Å². The van der Waals surface area contributed by atoms with E-state index < -0.39 is 34.4 Å². The third kappa shape index (κ3) is 3.52. The van der Waals surface area contributed by atoms with Crippen molar-refractivity contribution in [2.45, 2.75) is 24.9 Å². The first-order chi connectivity index (χ1) is 10.2. The summed E-state index contributed by atoms with van der Waals surface area (Å²) in [6.07, 6.45) is 0.721. The molecule has 2 aliphatic rings. The summed E-state index contributed by atoms with van der Waals surface area (Å²) in [6, 6.07) is -2.01. The number of amides is 3. The van der Waals surface area contributed by atoms with E-state index in [4.69, 9.17) is 9.96 Å². The summed E-state index contributed by atoms with van der Waals surface area (Å²) in [5.41, 5.74) is 0. The molecule has 2 rings (SSSR count). The largest absolute Gasteiger partial charge is 0.418 e. The lowest BCUT2D eigenvalue weighted by atomic mass is 10.00. The molecule has 12 heteroatoms. The van der Waals surface area contributed by atoms with Crippen LogP contribution in [0, 0.1) is 5.41 Å². The number of urea groups is 1. The fourth-order valence-electron chi connectivity index (χ4n) is 2.53. The minimum absolute atomic E-state index is 0.140. The molecule has 2 fully saturated rings. The van der Waals surface area contributed by atoms with E-state index >= 15 is 0 Å². The van der Waals surface area contributed by atoms with E-state index in [0.717, 1.165) is 0 Å². The minimum Gasteiger partial charge on any atom is -0.375 e. The highest BCUT2D eigenvalue weighted by atomic mass is 32.3. The molecule has 2 saturated heterocycles. The molecule has 0 radical (unpaired) electrons. The number of amidine groups is 1. The number of carbonyl (C=O) groups is 2. The number of nitrogens with zero attached hydrogens (tertiary/aromatic N) is 2. The average Bonchev–Trinajstić information content (AvgIpc) is 2.63. The van der Waals surface area contributed by atoms with Crippen LogP contribution in [0.5, 0.6) is 0 Å². The van der Waals surface area contributed by atoms with E-state index in [2.05, 4.69) is 14.3 Å². The molecule has 2 atom stereocenters. The van der Waals surface area contributed by atoms with E-state index in [9.17, 15) is 18.0 Å². The summed E-state index contributed by atoms with van der Waals surface area (Å²) in [5.74, 6) is -0.699. The molecule has 3 amide bonds. The molecule has 0 saturated carbocycles. The van der Waals surface area contributed by atoms with Gasteiger partial charge in [0.1, 0.15) is 12.4 Å². The zero-order valence-corrected chi connectivity index (χ0v) is 12.5. The second kappa shape index (κ2) is 6.16. The summed E-state index contributed by atoms with van der Waals surface area (Å²) < 4.78 is 39.1. The lowest BCUT2D eigenvalue weighted by molar-refractivity contribution is -0.123. The number of piperidine rings is 1. The quantitative estimate of drug-likeness (QED) is 0.322. The van der Waals surface area contributed by atoms with E-state index in [1.807, 2.05) is 0 Å². The lowest BCUT2D eigenvalue weighted by Crippen LogP contribution is -2.51. The molecule has 2 aliphatic heterocycles. The van der Waals surface area contributed by atoms with Crippen molar-refractivity contribution in [3.63, 3.8) is 0 Å². The van der Waals surface area contributed by atoms with Crippen LogP contribution in [0.1, 0.15) is 12.8 Å². The number of hydroxylamine groups is 2. The number of rotatable bonds is 5. The molecule has 11 nitrogen and oxygen atoms in total. The second-order valence-electron chi connectivity index (χ2n) is 4.90. The van der Waals surface area contributed by atoms with Crippen LogP contribution in [0.15, 0.2) is 0 Å². The number of methoxy groups -OCH3 is 1. The van der Waals surface area contributed by atoms with Gasteiger partial charge in [-0.3, -0.25) is 14.8 Å². The van der Waals surface area contributed by atoms with Crippen LogP contribution in [-0.4, -0.2) is 73.1 Å². The van der Waals surface area contributed by atoms with E-state index in [0.29, 0.717) is 17.9 Å². The maximum absolute atomic E-state index is 12.1. The van der Waals surface area contributed by atoms with Crippen molar-refractivity contribution >= 4 is 28.2 Å². The minimum atomic E-state index is -4.80. The van der Waals surface area contributed by atoms with Gasteiger partial charge in [-0.1, -0.05) is 0 Å². The fourth-order valence-corrected chi connectivity index (χ4v) is 2.92. The summed E-state index contributed by atoms with van der Waals surface area (Å²) in [6.45, 7) is -0.0782. The molecule has 2 heterocycles. The van der Waals surface area contributed by atoms with Crippen molar-refractivity contribution in [1.29, 1.82) is 5.41 Å². The fraction of sp³-hybridized carbons (Fsp3) is 0.700. The maximum atomic E-state index is 12.1. The zero-order chi connectivity index (χ0) is 16.5. The number of hydrogen-bond donors (Lipinski definition) is 3. The Morgan fingerprint density at radius 1 is 1.50 bits per heavy atom. The first kappa shape index (κ1) is 16.6. The highest BCUT2D eigenvalue weighted by Crippen LogP contribution is 2.30. The van der Waals surface area contributed by atoms with Crippen molar-refractivity contribution in [2.24, 2.45) is 0 Å². The van der Waals surface area contributed by atoms with Crippen molar-refractivity contribution in [1.82, 2.24) is 15.3 Å². The Morgan fingerprint density at radius 2 is 2.18 bits per heavy atom. The average molecular weight is 336 g/mol. The second-order valence-corrected chi connectivity index (χ2v) is 5.91. The smallest absolute Gasteiger partial charge is 0.375 e. The van der Waals surface area contributed by atoms with Gasteiger partial charge in [0, 0.05) is 13.7 Å². The number of carbonyl (C=O) groups excluding carboxylic acids is 2. The van der Waals surface area contributed by atoms with Crippen molar-refractivity contribution in [3.8, 4) is 0 Å². The Morgan fingerprint density at radius 3 is 2.77 bits per heavy atom. The molecular weight excluding hydrogens is 320 g/mol. The van der Waals surface area contributed by atoms with Crippen LogP contribution in [0.2, 0.25) is 0 Å². The lowest BCUT2D eigenvalue weighted by Gasteiger charge is -2.30. The van der Waals surface area contributed by atoms with Crippen LogP contribution in [-0.2, 0) is 24.2 Å². The number of nitrogens with one attached hydrogen (secondary N) is 2. The normalized spacial score (nSPS) is 24.5. The van der Waals surface area contributed by atoms with Crippen LogP contribution in [0.25, 0.3) is 0 Å². The van der Waals surface area contributed by atoms with E-state index in [1.165, 1.54) is 12.0 Å². The van der Waals surface area contributed by atoms with Gasteiger partial charge in [-0.05, 0) is 12.8 Å². The molecule has 22 heavy (non-hydrogen) atoms. The van der Waals surface area contributed by atoms with Crippen molar-refractivity contribution < 1.29 is 31.6 Å². The highest BCUT2D eigenvalue weighted by Gasteiger charge is 2.48. The van der Waals surface area contributed by atoms with Crippen molar-refractivity contribution in [3.05, 3.63) is 0 Å². The number of fused-ring (bicyclic) bond motifs is 2. The molecule has 2 bridgehead atoms. The van der Waals surface area contributed by atoms with Gasteiger partial charge < -0.3 is 15.0 Å². The predicted molar refractivity (Wildman–Crippen MR) is 71.1 cm³/mol. The number of hydrogen-bond acceptors (Lipinski definition) is 7. The Labute approximate surface area is 126 Å². The van der Waals surface area contributed by atoms with Crippen molar-refractivity contribution in [2.75, 3.05) is 20.3 Å². The zero-order valence-electron chi connectivity index (χ0n) is 11.7. The molecular formula is C10H16N4O7S. The van der Waals surface area contributed by atoms with Gasteiger partial charge in [0.25, 0.3) is 5.91 Å². The third-order valence-corrected chi connectivity index (χ3v) is 3.73. The molecule has 0 aromatic carbocycles. The summed E-state index contributed by atoms with van der Waals surface area (Å²) in [4.78, 5) is 24.7. The number of ether oxygens (including phenoxy) is 1. The maximum Gasteiger partial charge on any atom is 0.418 e. The first-order valence-electron chi connectivity index (χ1n) is 6.37. The van der Waals surface area contributed by atoms with Gasteiger partial charge in [-0.25, -0.2) is 4.79 Å². The monoisotopic (exact) mass is 336 g/mol. The van der Waals surface area contributed by atoms with Crippen LogP contribution >= 0.6 is 0 Å². The van der Waals surface area contributed by atoms with Gasteiger partial charge in [0.15, 0.2) is 0 Å². The Kier molecular flexibility index (Phi) is 4.65. The Bertz CT molecular complexity index is 592. The van der Waals surface area contributed by atoms with Gasteiger partial charge in [-0.2, -0.15) is 13.5 Å². The van der Waals surface area contributed by atoms with Crippen LogP contribution in [0.3, 0.4) is 0 Å². The summed E-state index contributed by atoms with van der Waals surface area (Å²) in [7, 11) is -3.47. The topological polar surface area (TPSA) is 149 Å². The van der Waals surface area contributed by atoms with E-state index in [1.54, 1.807) is 0 Å². The van der Waals surface area contributed by atoms with Gasteiger partial charge in [0.05, 0.1) is 12.1 Å². The molecule has 3 N–H and O–H groups in total. The molecule has 0 spiro atoms. The van der Waals surface area contributed by atoms with Gasteiger partial charge in [0.2, 0.25) is 0 Å². The highest BCUT2D eigenvalue weighted by molar-refractivity contribution is 7.80. The Balaban J connectivity index is 2.06. The molecule has 2 unspecified atom stereocenters. The van der Waals surface area contributed by atoms with Crippen LogP contribution < -0.4 is 5.32 Å². The molecule has 0 aromatic heterocycles. The summed E-state index contributed by atoms with van der Waals surface area (Å²) in [5, 5.41) is 10.8. The standard InChI is InChI=1S/C10H16N4O7S/c1-20-5-8(15)12-9(11)7-3-2-6-4-13(7)10(16)14(6)21-22(17,18)19/h6-7H,2-5H2,1H3,(H2,11,12,15)(H,17,18,19). The van der Waals surface area contributed by atoms with Crippen LogP contribution in [0.4, 0.5) is 4.79 Å². The molecule has 0 aliphatic carbocycles. The summed E-state index contributed by atoms with van der Waals surface area (Å²) >= 11 is 0. The molecule has 0 aromatic rings. The van der Waals surface area contributed by atoms with Gasteiger partial charge in [-0.15, -0.1) is 4.28 Å². The predicted octanol–water partition coefficient (Wildman–Crippen LogP) is -1.27. The van der Waals surface area contributed by atoms with Gasteiger partial charge >= 0.3 is 16.4 Å². The molecule has 124 valence electrons. The Hall–Kier alpha value is -1.76. The SMILES string of the molecule is COCC(=O)NC(=N)C1CCC2CN1C(=O)N2OS(=O)(=O)O. The first-order valence-corrected chi connectivity index (χ1v) is 7.73.